The van der Waals surface area contributed by atoms with E-state index in [9.17, 15) is 0 Å². The number of fused-ring (bicyclic) bond motifs is 2. The van der Waals surface area contributed by atoms with E-state index in [-0.39, 0.29) is 6.79 Å². The maximum absolute atomic E-state index is 5.47. The molecule has 7 nitrogen and oxygen atoms in total. The first-order valence-corrected chi connectivity index (χ1v) is 8.24. The molecule has 1 aliphatic heterocycles. The second-order valence-corrected chi connectivity index (χ2v) is 5.91. The minimum absolute atomic E-state index is 0.257. The third kappa shape index (κ3) is 2.59. The van der Waals surface area contributed by atoms with Crippen molar-refractivity contribution in [1.82, 2.24) is 19.6 Å². The Morgan fingerprint density at radius 1 is 1.00 bits per heavy atom. The predicted molar refractivity (Wildman–Crippen MR) is 96.1 cm³/mol. The van der Waals surface area contributed by atoms with E-state index in [0.29, 0.717) is 6.54 Å². The van der Waals surface area contributed by atoms with Crippen LogP contribution in [0.1, 0.15) is 5.56 Å². The lowest BCUT2D eigenvalue weighted by atomic mass is 10.1. The molecule has 1 aliphatic rings. The van der Waals surface area contributed by atoms with Crippen molar-refractivity contribution in [3.8, 4) is 22.8 Å². The molecule has 0 aliphatic carbocycles. The summed E-state index contributed by atoms with van der Waals surface area (Å²) in [5, 5.41) is 8.01. The third-order valence-electron chi connectivity index (χ3n) is 4.25. The Hall–Kier alpha value is -3.61. The summed E-state index contributed by atoms with van der Waals surface area (Å²) in [6, 6.07) is 13.6. The van der Waals surface area contributed by atoms with Gasteiger partial charge in [-0.25, -0.2) is 9.50 Å². The zero-order valence-corrected chi connectivity index (χ0v) is 13.8. The molecule has 1 N–H and O–H groups in total. The minimum atomic E-state index is 0.257. The Morgan fingerprint density at radius 2 is 1.88 bits per heavy atom. The van der Waals surface area contributed by atoms with Crippen molar-refractivity contribution in [2.75, 3.05) is 12.1 Å². The van der Waals surface area contributed by atoms with Gasteiger partial charge in [-0.05, 0) is 48.0 Å². The van der Waals surface area contributed by atoms with E-state index in [4.69, 9.17) is 9.47 Å². The minimum Gasteiger partial charge on any atom is -0.454 e. The summed E-state index contributed by atoms with van der Waals surface area (Å²) in [6.07, 6.45) is 5.37. The Morgan fingerprint density at radius 3 is 2.81 bits per heavy atom. The van der Waals surface area contributed by atoms with E-state index in [1.54, 1.807) is 12.4 Å². The van der Waals surface area contributed by atoms with Gasteiger partial charge in [0.2, 0.25) is 6.79 Å². The summed E-state index contributed by atoms with van der Waals surface area (Å²) in [5.41, 5.74) is 3.79. The van der Waals surface area contributed by atoms with Crippen LogP contribution in [0.25, 0.3) is 16.9 Å². The first-order valence-electron chi connectivity index (χ1n) is 8.24. The first-order chi connectivity index (χ1) is 12.9. The van der Waals surface area contributed by atoms with Crippen LogP contribution < -0.4 is 14.8 Å². The zero-order valence-electron chi connectivity index (χ0n) is 13.8. The Kier molecular flexibility index (Phi) is 3.41. The molecule has 4 aromatic rings. The third-order valence-corrected chi connectivity index (χ3v) is 4.25. The van der Waals surface area contributed by atoms with Gasteiger partial charge in [0.1, 0.15) is 5.82 Å². The first kappa shape index (κ1) is 14.7. The van der Waals surface area contributed by atoms with Crippen LogP contribution in [0, 0.1) is 0 Å². The molecule has 0 atom stereocenters. The van der Waals surface area contributed by atoms with Gasteiger partial charge >= 0.3 is 0 Å². The highest BCUT2D eigenvalue weighted by atomic mass is 16.7. The van der Waals surface area contributed by atoms with Crippen LogP contribution in [0.5, 0.6) is 11.5 Å². The molecule has 7 heteroatoms. The highest BCUT2D eigenvalue weighted by Gasteiger charge is 2.16. The van der Waals surface area contributed by atoms with E-state index in [2.05, 4.69) is 20.4 Å². The van der Waals surface area contributed by atoms with Crippen molar-refractivity contribution in [2.45, 2.75) is 6.54 Å². The number of benzene rings is 1. The molecule has 0 unspecified atom stereocenters. The molecule has 5 rings (SSSR count). The quantitative estimate of drug-likeness (QED) is 0.613. The smallest absolute Gasteiger partial charge is 0.231 e. The number of anilines is 1. The molecule has 0 bridgehead atoms. The molecular weight excluding hydrogens is 330 g/mol. The van der Waals surface area contributed by atoms with Crippen molar-refractivity contribution < 1.29 is 9.47 Å². The lowest BCUT2D eigenvalue weighted by molar-refractivity contribution is 0.174. The standard InChI is InChI=1S/C19H15N5O2/c1-2-16-17(26-12-25-16)9-14(1)15-11-22-19-4-3-18(23-24(15)19)21-10-13-5-7-20-8-6-13/h1-9,11H,10,12H2,(H,21,23). The van der Waals surface area contributed by atoms with E-state index >= 15 is 0 Å². The maximum Gasteiger partial charge on any atom is 0.231 e. The fourth-order valence-corrected chi connectivity index (χ4v) is 2.91. The van der Waals surface area contributed by atoms with Crippen molar-refractivity contribution >= 4 is 11.5 Å². The molecule has 26 heavy (non-hydrogen) atoms. The number of pyridine rings is 1. The normalized spacial score (nSPS) is 12.5. The molecule has 0 fully saturated rings. The molecule has 3 aromatic heterocycles. The lowest BCUT2D eigenvalue weighted by Crippen LogP contribution is -2.04. The molecule has 0 radical (unpaired) electrons. The van der Waals surface area contributed by atoms with Gasteiger partial charge in [-0.15, -0.1) is 5.10 Å². The number of hydrogen-bond acceptors (Lipinski definition) is 6. The van der Waals surface area contributed by atoms with E-state index in [1.807, 2.05) is 53.2 Å². The van der Waals surface area contributed by atoms with Crippen LogP contribution in [-0.2, 0) is 6.54 Å². The Bertz CT molecular complexity index is 1080. The molecule has 1 aromatic carbocycles. The van der Waals surface area contributed by atoms with Gasteiger partial charge in [-0.2, -0.15) is 0 Å². The average Bonchev–Trinajstić information content (AvgIpc) is 3.33. The molecule has 0 amide bonds. The SMILES string of the molecule is c1cc(CNc2ccc3ncc(-c4ccc5c(c4)OCO5)n3n2)ccn1. The number of ether oxygens (including phenoxy) is 2. The predicted octanol–water partition coefficient (Wildman–Crippen LogP) is 3.13. The van der Waals surface area contributed by atoms with Gasteiger partial charge < -0.3 is 14.8 Å². The van der Waals surface area contributed by atoms with Crippen molar-refractivity contribution in [3.63, 3.8) is 0 Å². The average molecular weight is 345 g/mol. The van der Waals surface area contributed by atoms with Gasteiger partial charge in [0.15, 0.2) is 17.1 Å². The fraction of sp³-hybridized carbons (Fsp3) is 0.105. The summed E-state index contributed by atoms with van der Waals surface area (Å²) < 4.78 is 12.7. The summed E-state index contributed by atoms with van der Waals surface area (Å²) in [6.45, 7) is 0.933. The van der Waals surface area contributed by atoms with Crippen LogP contribution in [0.3, 0.4) is 0 Å². The molecule has 4 heterocycles. The van der Waals surface area contributed by atoms with Gasteiger partial charge in [0, 0.05) is 24.5 Å². The highest BCUT2D eigenvalue weighted by molar-refractivity contribution is 5.67. The second kappa shape index (κ2) is 6.03. The van der Waals surface area contributed by atoms with E-state index < -0.39 is 0 Å². The summed E-state index contributed by atoms with van der Waals surface area (Å²) >= 11 is 0. The highest BCUT2D eigenvalue weighted by Crippen LogP contribution is 2.35. The summed E-state index contributed by atoms with van der Waals surface area (Å²) in [7, 11) is 0. The Labute approximate surface area is 149 Å². The molecule has 128 valence electrons. The van der Waals surface area contributed by atoms with Gasteiger partial charge in [-0.1, -0.05) is 0 Å². The number of nitrogens with zero attached hydrogens (tertiary/aromatic N) is 4. The van der Waals surface area contributed by atoms with Gasteiger partial charge in [0.05, 0.1) is 11.9 Å². The van der Waals surface area contributed by atoms with Gasteiger partial charge in [-0.3, -0.25) is 4.98 Å². The van der Waals surface area contributed by atoms with E-state index in [0.717, 1.165) is 39.8 Å². The second-order valence-electron chi connectivity index (χ2n) is 5.91. The topological polar surface area (TPSA) is 73.6 Å². The summed E-state index contributed by atoms with van der Waals surface area (Å²) in [4.78, 5) is 8.47. The van der Waals surface area contributed by atoms with Crippen molar-refractivity contribution in [1.29, 1.82) is 0 Å². The van der Waals surface area contributed by atoms with E-state index in [1.165, 1.54) is 0 Å². The van der Waals surface area contributed by atoms with Gasteiger partial charge in [0.25, 0.3) is 0 Å². The number of hydrogen-bond donors (Lipinski definition) is 1. The molecule has 0 saturated carbocycles. The van der Waals surface area contributed by atoms with Crippen LogP contribution >= 0.6 is 0 Å². The fourth-order valence-electron chi connectivity index (χ4n) is 2.91. The largest absolute Gasteiger partial charge is 0.454 e. The van der Waals surface area contributed by atoms with Crippen LogP contribution in [-0.4, -0.2) is 26.4 Å². The Balaban J connectivity index is 1.47. The summed E-state index contributed by atoms with van der Waals surface area (Å²) in [5.74, 6) is 2.27. The molecule has 0 saturated heterocycles. The molecular formula is C19H15N5O2. The van der Waals surface area contributed by atoms with Crippen molar-refractivity contribution in [2.24, 2.45) is 0 Å². The number of rotatable bonds is 4. The van der Waals surface area contributed by atoms with Crippen molar-refractivity contribution in [3.05, 3.63) is 66.6 Å². The monoisotopic (exact) mass is 345 g/mol. The van der Waals surface area contributed by atoms with Crippen LogP contribution in [0.2, 0.25) is 0 Å². The lowest BCUT2D eigenvalue weighted by Gasteiger charge is -2.07. The number of aromatic nitrogens is 4. The maximum atomic E-state index is 5.47. The number of nitrogens with one attached hydrogen (secondary N) is 1. The number of imidazole rings is 1. The van der Waals surface area contributed by atoms with Crippen LogP contribution in [0.15, 0.2) is 61.1 Å². The molecule has 0 spiro atoms. The zero-order chi connectivity index (χ0) is 17.3. The van der Waals surface area contributed by atoms with Crippen LogP contribution in [0.4, 0.5) is 5.82 Å².